The predicted octanol–water partition coefficient (Wildman–Crippen LogP) is 9.07. The van der Waals surface area contributed by atoms with Crippen LogP contribution < -0.4 is 15.7 Å². The lowest BCUT2D eigenvalue weighted by Gasteiger charge is -2.42. The minimum Gasteiger partial charge on any atom is -0.455 e. The van der Waals surface area contributed by atoms with Gasteiger partial charge in [-0.2, -0.15) is 0 Å². The first kappa shape index (κ1) is 22.8. The van der Waals surface area contributed by atoms with E-state index in [1.165, 1.54) is 71.7 Å². The van der Waals surface area contributed by atoms with Crippen LogP contribution >= 0.6 is 0 Å². The van der Waals surface area contributed by atoms with Gasteiger partial charge in [-0.15, -0.1) is 0 Å². The Morgan fingerprint density at radius 1 is 0.500 bits per heavy atom. The van der Waals surface area contributed by atoms with Crippen molar-refractivity contribution in [1.29, 1.82) is 0 Å². The van der Waals surface area contributed by atoms with Crippen LogP contribution in [0.25, 0.3) is 71.3 Å². The fourth-order valence-electron chi connectivity index (χ4n) is 8.32. The molecule has 202 valence electrons. The molecule has 0 saturated heterocycles. The minimum atomic E-state index is -0.0122. The van der Waals surface area contributed by atoms with Crippen molar-refractivity contribution in [2.75, 3.05) is 4.81 Å². The maximum atomic E-state index is 6.83. The van der Waals surface area contributed by atoms with Crippen molar-refractivity contribution < 1.29 is 4.42 Å². The molecule has 0 atom stereocenters. The Kier molecular flexibility index (Phi) is 4.15. The molecule has 7 aromatic carbocycles. The van der Waals surface area contributed by atoms with Crippen molar-refractivity contribution in [3.63, 3.8) is 0 Å². The summed E-state index contributed by atoms with van der Waals surface area (Å²) < 4.78 is 9.35. The molecule has 2 aliphatic rings. The standard InChI is InChI=1S/C40H23BN2O/c1-2-12-24(13-3-1)43-33-23-22-28-25-14-7-11-21-34(25)44-40(28)37(33)36-27-16-5-4-15-26(27)35-29-17-6-9-19-31(29)42-32-20-10-8-18-30(32)41(43)38(36)39(35)42/h1-23H. The number of hydrogen-bond donors (Lipinski definition) is 0. The lowest BCUT2D eigenvalue weighted by molar-refractivity contribution is 0.670. The van der Waals surface area contributed by atoms with Gasteiger partial charge in [0.05, 0.1) is 11.0 Å². The van der Waals surface area contributed by atoms with Crippen LogP contribution in [0.1, 0.15) is 0 Å². The summed E-state index contributed by atoms with van der Waals surface area (Å²) in [5.74, 6) is 0. The molecule has 0 amide bonds. The number of nitrogens with zero attached hydrogens (tertiary/aromatic N) is 2. The number of para-hydroxylation sites is 4. The maximum Gasteiger partial charge on any atom is 0.333 e. The Labute approximate surface area is 253 Å². The van der Waals surface area contributed by atoms with Crippen molar-refractivity contribution in [3.8, 4) is 16.8 Å². The quantitative estimate of drug-likeness (QED) is 0.188. The highest BCUT2D eigenvalue weighted by Crippen LogP contribution is 2.51. The first-order valence-corrected chi connectivity index (χ1v) is 15.2. The number of furan rings is 1. The molecule has 2 aliphatic heterocycles. The van der Waals surface area contributed by atoms with Crippen molar-refractivity contribution in [1.82, 2.24) is 4.57 Å². The van der Waals surface area contributed by atoms with Crippen LogP contribution in [-0.4, -0.2) is 11.4 Å². The zero-order valence-corrected chi connectivity index (χ0v) is 23.7. The van der Waals surface area contributed by atoms with E-state index < -0.39 is 0 Å². The molecule has 2 aromatic heterocycles. The van der Waals surface area contributed by atoms with Gasteiger partial charge in [-0.3, -0.25) is 0 Å². The molecule has 0 bridgehead atoms. The molecule has 0 aliphatic carbocycles. The van der Waals surface area contributed by atoms with E-state index in [2.05, 4.69) is 149 Å². The average molecular weight is 558 g/mol. The van der Waals surface area contributed by atoms with Crippen molar-refractivity contribution in [2.45, 2.75) is 0 Å². The molecule has 3 nitrogen and oxygen atoms in total. The average Bonchev–Trinajstić information content (AvgIpc) is 3.65. The summed E-state index contributed by atoms with van der Waals surface area (Å²) >= 11 is 0. The third-order valence-corrected chi connectivity index (χ3v) is 9.94. The van der Waals surface area contributed by atoms with Crippen LogP contribution in [0.3, 0.4) is 0 Å². The van der Waals surface area contributed by atoms with Gasteiger partial charge in [0.25, 0.3) is 0 Å². The zero-order chi connectivity index (χ0) is 28.5. The molecule has 0 fully saturated rings. The van der Waals surface area contributed by atoms with Gasteiger partial charge in [0.15, 0.2) is 0 Å². The Balaban J connectivity index is 1.46. The molecule has 44 heavy (non-hydrogen) atoms. The van der Waals surface area contributed by atoms with E-state index in [4.69, 9.17) is 4.42 Å². The number of anilines is 2. The van der Waals surface area contributed by atoms with Gasteiger partial charge in [-0.25, -0.2) is 0 Å². The smallest absolute Gasteiger partial charge is 0.333 e. The van der Waals surface area contributed by atoms with Crippen LogP contribution in [0.15, 0.2) is 144 Å². The number of aromatic nitrogens is 1. The van der Waals surface area contributed by atoms with E-state index in [0.717, 1.165) is 21.9 Å². The topological polar surface area (TPSA) is 21.3 Å². The first-order chi connectivity index (χ1) is 21.9. The second-order valence-electron chi connectivity index (χ2n) is 12.0. The van der Waals surface area contributed by atoms with E-state index in [0.29, 0.717) is 0 Å². The fourth-order valence-corrected chi connectivity index (χ4v) is 8.32. The largest absolute Gasteiger partial charge is 0.455 e. The molecule has 0 radical (unpaired) electrons. The number of rotatable bonds is 1. The van der Waals surface area contributed by atoms with E-state index in [9.17, 15) is 0 Å². The SMILES string of the molecule is c1ccc(N2B3c4ccccc4-n4c5ccccc5c5c6ccccc6c(c3c54)-c3c2ccc2c3oc3ccccc32)cc1. The van der Waals surface area contributed by atoms with E-state index in [-0.39, 0.29) is 6.85 Å². The van der Waals surface area contributed by atoms with Gasteiger partial charge in [0, 0.05) is 44.2 Å². The molecule has 4 heterocycles. The van der Waals surface area contributed by atoms with Crippen LogP contribution in [0, 0.1) is 0 Å². The van der Waals surface area contributed by atoms with Gasteiger partial charge in [-0.1, -0.05) is 97.1 Å². The van der Waals surface area contributed by atoms with E-state index in [1.807, 2.05) is 0 Å². The van der Waals surface area contributed by atoms with Crippen molar-refractivity contribution >= 4 is 83.7 Å². The monoisotopic (exact) mass is 558 g/mol. The van der Waals surface area contributed by atoms with Gasteiger partial charge < -0.3 is 13.8 Å². The third-order valence-electron chi connectivity index (χ3n) is 9.94. The van der Waals surface area contributed by atoms with Crippen LogP contribution in [-0.2, 0) is 0 Å². The molecule has 0 saturated carbocycles. The highest BCUT2D eigenvalue weighted by Gasteiger charge is 2.45. The lowest BCUT2D eigenvalue weighted by atomic mass is 9.43. The summed E-state index contributed by atoms with van der Waals surface area (Å²) in [6.45, 7) is -0.0122. The van der Waals surface area contributed by atoms with Gasteiger partial charge in [0.2, 0.25) is 0 Å². The minimum absolute atomic E-state index is 0.0122. The normalized spacial score (nSPS) is 13.4. The summed E-state index contributed by atoms with van der Waals surface area (Å²) in [6, 6.07) is 50.7. The van der Waals surface area contributed by atoms with Crippen molar-refractivity contribution in [3.05, 3.63) is 140 Å². The molecule has 0 spiro atoms. The second kappa shape index (κ2) is 8.00. The second-order valence-corrected chi connectivity index (χ2v) is 12.0. The van der Waals surface area contributed by atoms with Crippen LogP contribution in [0.2, 0.25) is 0 Å². The van der Waals surface area contributed by atoms with Gasteiger partial charge in [0.1, 0.15) is 11.2 Å². The maximum absolute atomic E-state index is 6.83. The summed E-state index contributed by atoms with van der Waals surface area (Å²) in [7, 11) is 0. The summed E-state index contributed by atoms with van der Waals surface area (Å²) in [6.07, 6.45) is 0. The number of hydrogen-bond acceptors (Lipinski definition) is 2. The molecule has 9 aromatic rings. The molecule has 11 rings (SSSR count). The Hall–Kier alpha value is -5.74. The lowest BCUT2D eigenvalue weighted by Crippen LogP contribution is -2.60. The van der Waals surface area contributed by atoms with Crippen molar-refractivity contribution in [2.24, 2.45) is 0 Å². The van der Waals surface area contributed by atoms with Gasteiger partial charge in [-0.05, 0) is 69.7 Å². The summed E-state index contributed by atoms with van der Waals surface area (Å²) in [5.41, 5.74) is 13.1. The number of fused-ring (bicyclic) bond motifs is 15. The van der Waals surface area contributed by atoms with E-state index >= 15 is 0 Å². The highest BCUT2D eigenvalue weighted by molar-refractivity contribution is 6.94. The highest BCUT2D eigenvalue weighted by atomic mass is 16.3. The van der Waals surface area contributed by atoms with E-state index in [1.54, 1.807) is 0 Å². The first-order valence-electron chi connectivity index (χ1n) is 15.2. The molecular formula is C40H23BN2O. The fraction of sp³-hybridized carbons (Fsp3) is 0. The van der Waals surface area contributed by atoms with Crippen LogP contribution in [0.5, 0.6) is 0 Å². The number of benzene rings is 7. The molecular weight excluding hydrogens is 535 g/mol. The Morgan fingerprint density at radius 3 is 2.09 bits per heavy atom. The third kappa shape index (κ3) is 2.62. The Morgan fingerprint density at radius 2 is 1.20 bits per heavy atom. The molecule has 0 unspecified atom stereocenters. The summed E-state index contributed by atoms with van der Waals surface area (Å²) in [4.78, 5) is 2.55. The summed E-state index contributed by atoms with van der Waals surface area (Å²) in [5, 5.41) is 7.46. The van der Waals surface area contributed by atoms with Crippen LogP contribution in [0.4, 0.5) is 11.4 Å². The predicted molar refractivity (Wildman–Crippen MR) is 185 cm³/mol. The molecule has 0 N–H and O–H groups in total. The molecule has 4 heteroatoms. The Bertz CT molecular complexity index is 2680. The van der Waals surface area contributed by atoms with Gasteiger partial charge >= 0.3 is 6.85 Å². The zero-order valence-electron chi connectivity index (χ0n) is 23.7.